The lowest BCUT2D eigenvalue weighted by molar-refractivity contribution is 0.501. The summed E-state index contributed by atoms with van der Waals surface area (Å²) in [4.78, 5) is 0. The zero-order valence-corrected chi connectivity index (χ0v) is 12.2. The van der Waals surface area contributed by atoms with Crippen molar-refractivity contribution in [3.8, 4) is 0 Å². The summed E-state index contributed by atoms with van der Waals surface area (Å²) < 4.78 is 23.9. The van der Waals surface area contributed by atoms with E-state index in [-0.39, 0.29) is 17.8 Å². The number of rotatable bonds is 2. The van der Waals surface area contributed by atoms with Gasteiger partial charge in [0.1, 0.15) is 0 Å². The van der Waals surface area contributed by atoms with Crippen LogP contribution in [0.1, 0.15) is 23.6 Å². The maximum atomic E-state index is 11.4. The zero-order valence-electron chi connectivity index (χ0n) is 9.77. The molecular weight excluding hydrogens is 314 g/mol. The van der Waals surface area contributed by atoms with E-state index in [0.29, 0.717) is 0 Å². The van der Waals surface area contributed by atoms with Gasteiger partial charge in [0, 0.05) is 22.0 Å². The third-order valence-electron chi connectivity index (χ3n) is 3.56. The fourth-order valence-electron chi connectivity index (χ4n) is 2.72. The summed E-state index contributed by atoms with van der Waals surface area (Å²) in [6, 6.07) is 6.42. The van der Waals surface area contributed by atoms with Gasteiger partial charge in [0.25, 0.3) is 0 Å². The molecule has 5 heteroatoms. The molecule has 0 amide bonds. The van der Waals surface area contributed by atoms with Crippen molar-refractivity contribution in [2.24, 2.45) is 0 Å². The highest BCUT2D eigenvalue weighted by Gasteiger charge is 2.28. The molecule has 1 N–H and O–H groups in total. The van der Waals surface area contributed by atoms with E-state index < -0.39 is 9.84 Å². The van der Waals surface area contributed by atoms with Crippen LogP contribution in [0.3, 0.4) is 0 Å². The maximum Gasteiger partial charge on any atom is 0.173 e. The van der Waals surface area contributed by atoms with Crippen LogP contribution in [0.5, 0.6) is 0 Å². The van der Waals surface area contributed by atoms with Gasteiger partial charge in [-0.25, -0.2) is 8.42 Å². The number of halogens is 1. The van der Waals surface area contributed by atoms with Crippen LogP contribution in [0, 0.1) is 0 Å². The van der Waals surface area contributed by atoms with E-state index in [1.54, 1.807) is 6.08 Å². The molecule has 1 aliphatic heterocycles. The molecular formula is C13H14BrNO2S. The fraction of sp³-hybridized carbons (Fsp3) is 0.385. The van der Waals surface area contributed by atoms with Crippen LogP contribution in [-0.4, -0.2) is 20.2 Å². The molecule has 1 heterocycles. The summed E-state index contributed by atoms with van der Waals surface area (Å²) in [5, 5.41) is 4.75. The monoisotopic (exact) mass is 327 g/mol. The highest BCUT2D eigenvalue weighted by Crippen LogP contribution is 2.36. The Kier molecular flexibility index (Phi) is 3.08. The van der Waals surface area contributed by atoms with Crippen LogP contribution < -0.4 is 5.32 Å². The minimum absolute atomic E-state index is 0.0510. The van der Waals surface area contributed by atoms with Gasteiger partial charge in [-0.05, 0) is 30.0 Å². The lowest BCUT2D eigenvalue weighted by Gasteiger charge is -2.18. The maximum absolute atomic E-state index is 11.4. The molecule has 0 aromatic heterocycles. The Hall–Kier alpha value is -0.650. The lowest BCUT2D eigenvalue weighted by atomic mass is 10.1. The molecule has 0 fully saturated rings. The van der Waals surface area contributed by atoms with Gasteiger partial charge >= 0.3 is 0 Å². The molecule has 18 heavy (non-hydrogen) atoms. The molecule has 3 rings (SSSR count). The number of fused-ring (bicyclic) bond motifs is 1. The van der Waals surface area contributed by atoms with Crippen molar-refractivity contribution in [1.82, 2.24) is 5.32 Å². The SMILES string of the molecule is O=S1(=O)C=CC(NC2CCc3c(Br)cccc32)C1. The third kappa shape index (κ3) is 2.27. The second-order valence-electron chi connectivity index (χ2n) is 4.83. The van der Waals surface area contributed by atoms with Gasteiger partial charge in [-0.15, -0.1) is 0 Å². The molecule has 2 aliphatic rings. The number of hydrogen-bond donors (Lipinski definition) is 1. The Morgan fingerprint density at radius 1 is 1.33 bits per heavy atom. The molecule has 2 atom stereocenters. The van der Waals surface area contributed by atoms with Crippen molar-refractivity contribution in [3.05, 3.63) is 45.3 Å². The van der Waals surface area contributed by atoms with Crippen molar-refractivity contribution in [1.29, 1.82) is 0 Å². The first-order valence-corrected chi connectivity index (χ1v) is 8.50. The normalized spacial score (nSPS) is 28.5. The van der Waals surface area contributed by atoms with Crippen molar-refractivity contribution in [2.75, 3.05) is 5.75 Å². The van der Waals surface area contributed by atoms with E-state index in [1.165, 1.54) is 16.5 Å². The van der Waals surface area contributed by atoms with Crippen molar-refractivity contribution in [3.63, 3.8) is 0 Å². The fourth-order valence-corrected chi connectivity index (χ4v) is 4.55. The Morgan fingerprint density at radius 3 is 2.89 bits per heavy atom. The molecule has 1 aliphatic carbocycles. The van der Waals surface area contributed by atoms with Gasteiger partial charge in [0.2, 0.25) is 0 Å². The topological polar surface area (TPSA) is 46.2 Å². The molecule has 0 bridgehead atoms. The van der Waals surface area contributed by atoms with Crippen molar-refractivity contribution in [2.45, 2.75) is 24.9 Å². The van der Waals surface area contributed by atoms with Crippen LogP contribution in [-0.2, 0) is 16.3 Å². The van der Waals surface area contributed by atoms with Gasteiger partial charge in [-0.3, -0.25) is 0 Å². The van der Waals surface area contributed by atoms with E-state index in [1.807, 2.05) is 6.07 Å². The summed E-state index contributed by atoms with van der Waals surface area (Å²) in [6.45, 7) is 0. The molecule has 0 spiro atoms. The standard InChI is InChI=1S/C13H14BrNO2S/c14-12-3-1-2-11-10(12)4-5-13(11)15-9-6-7-18(16,17)8-9/h1-3,6-7,9,13,15H,4-5,8H2. The van der Waals surface area contributed by atoms with Crippen molar-refractivity contribution < 1.29 is 8.42 Å². The number of hydrogen-bond acceptors (Lipinski definition) is 3. The highest BCUT2D eigenvalue weighted by atomic mass is 79.9. The minimum Gasteiger partial charge on any atom is -0.303 e. The molecule has 0 saturated heterocycles. The van der Waals surface area contributed by atoms with Gasteiger partial charge in [-0.1, -0.05) is 34.1 Å². The van der Waals surface area contributed by atoms with Gasteiger partial charge in [0.15, 0.2) is 9.84 Å². The molecule has 0 saturated carbocycles. The summed E-state index contributed by atoms with van der Waals surface area (Å²) in [5.74, 6) is 0.187. The average Bonchev–Trinajstić information content (AvgIpc) is 2.85. The average molecular weight is 328 g/mol. The van der Waals surface area contributed by atoms with E-state index in [2.05, 4.69) is 33.4 Å². The first-order valence-electron chi connectivity index (χ1n) is 5.99. The number of sulfone groups is 1. The first-order chi connectivity index (χ1) is 8.55. The van der Waals surface area contributed by atoms with Crippen molar-refractivity contribution >= 4 is 25.8 Å². The predicted molar refractivity (Wildman–Crippen MR) is 75.1 cm³/mol. The number of benzene rings is 1. The Bertz CT molecular complexity index is 609. The Labute approximate surface area is 115 Å². The Balaban J connectivity index is 1.78. The quantitative estimate of drug-likeness (QED) is 0.906. The van der Waals surface area contributed by atoms with Crippen LogP contribution in [0.4, 0.5) is 0 Å². The van der Waals surface area contributed by atoms with E-state index in [0.717, 1.165) is 17.3 Å². The van der Waals surface area contributed by atoms with Gasteiger partial charge in [-0.2, -0.15) is 0 Å². The zero-order chi connectivity index (χ0) is 12.8. The summed E-state index contributed by atoms with van der Waals surface area (Å²) in [5.41, 5.74) is 2.64. The second kappa shape index (κ2) is 4.47. The molecule has 1 aromatic carbocycles. The predicted octanol–water partition coefficient (Wildman–Crippen LogP) is 2.34. The highest BCUT2D eigenvalue weighted by molar-refractivity contribution is 9.10. The number of nitrogens with one attached hydrogen (secondary N) is 1. The Morgan fingerprint density at radius 2 is 2.17 bits per heavy atom. The van der Waals surface area contributed by atoms with Gasteiger partial charge in [0.05, 0.1) is 5.75 Å². The summed E-state index contributed by atoms with van der Waals surface area (Å²) >= 11 is 3.57. The lowest BCUT2D eigenvalue weighted by Crippen LogP contribution is -2.32. The van der Waals surface area contributed by atoms with Crippen LogP contribution in [0.25, 0.3) is 0 Å². The molecule has 0 radical (unpaired) electrons. The molecule has 3 nitrogen and oxygen atoms in total. The van der Waals surface area contributed by atoms with E-state index in [9.17, 15) is 8.42 Å². The molecule has 1 aromatic rings. The first kappa shape index (κ1) is 12.4. The van der Waals surface area contributed by atoms with E-state index >= 15 is 0 Å². The largest absolute Gasteiger partial charge is 0.303 e. The summed E-state index contributed by atoms with van der Waals surface area (Å²) in [6.07, 6.45) is 3.82. The second-order valence-corrected chi connectivity index (χ2v) is 7.62. The molecule has 2 unspecified atom stereocenters. The third-order valence-corrected chi connectivity index (χ3v) is 5.70. The van der Waals surface area contributed by atoms with Crippen LogP contribution >= 0.6 is 15.9 Å². The minimum atomic E-state index is -2.97. The summed E-state index contributed by atoms with van der Waals surface area (Å²) in [7, 11) is -2.97. The smallest absolute Gasteiger partial charge is 0.173 e. The van der Waals surface area contributed by atoms with Crippen LogP contribution in [0.2, 0.25) is 0 Å². The van der Waals surface area contributed by atoms with E-state index in [4.69, 9.17) is 0 Å². The molecule has 96 valence electrons. The van der Waals surface area contributed by atoms with Crippen LogP contribution in [0.15, 0.2) is 34.2 Å². The van der Waals surface area contributed by atoms with Gasteiger partial charge < -0.3 is 5.32 Å².